The third kappa shape index (κ3) is 5.35. The van der Waals surface area contributed by atoms with Gasteiger partial charge in [0.25, 0.3) is 0 Å². The fourth-order valence-electron chi connectivity index (χ4n) is 2.94. The molecule has 7 nitrogen and oxygen atoms in total. The zero-order valence-electron chi connectivity index (χ0n) is 16.5. The number of aromatic hydroxyl groups is 1. The van der Waals surface area contributed by atoms with Gasteiger partial charge in [0.15, 0.2) is 5.78 Å². The van der Waals surface area contributed by atoms with E-state index in [9.17, 15) is 9.90 Å². The molecule has 8 heteroatoms. The molecule has 0 spiro atoms. The summed E-state index contributed by atoms with van der Waals surface area (Å²) in [7, 11) is 0. The number of Topliss-reactive ketones (excluding diaryl/α,β-unsaturated/α-hetero) is 1. The second kappa shape index (κ2) is 10.1. The molecule has 0 saturated heterocycles. The SMILES string of the molecule is CCCc1c(OCCCSc2ccc(-c3nn[nH]n3)cc2)ccc(C(C)=O)c1O. The number of nitrogens with zero attached hydrogens (tertiary/aromatic N) is 3. The number of carbonyl (C=O) groups excluding carboxylic acids is 1. The average Bonchev–Trinajstić information content (AvgIpc) is 3.25. The van der Waals surface area contributed by atoms with Crippen LogP contribution in [0, 0.1) is 0 Å². The topological polar surface area (TPSA) is 101 Å². The van der Waals surface area contributed by atoms with E-state index in [0.29, 0.717) is 35.7 Å². The smallest absolute Gasteiger partial charge is 0.204 e. The maximum Gasteiger partial charge on any atom is 0.204 e. The van der Waals surface area contributed by atoms with Gasteiger partial charge in [-0.2, -0.15) is 5.21 Å². The minimum absolute atomic E-state index is 0.0490. The number of thioether (sulfide) groups is 1. The molecule has 0 saturated carbocycles. The van der Waals surface area contributed by atoms with Crippen molar-refractivity contribution >= 4 is 17.5 Å². The molecule has 0 aliphatic heterocycles. The first-order valence-electron chi connectivity index (χ1n) is 9.55. The molecule has 0 amide bonds. The van der Waals surface area contributed by atoms with Crippen LogP contribution >= 0.6 is 11.8 Å². The lowest BCUT2D eigenvalue weighted by molar-refractivity contribution is 0.101. The van der Waals surface area contributed by atoms with Crippen LogP contribution < -0.4 is 4.74 Å². The molecule has 0 bridgehead atoms. The van der Waals surface area contributed by atoms with Crippen LogP contribution in [-0.2, 0) is 6.42 Å². The van der Waals surface area contributed by atoms with Gasteiger partial charge in [-0.05, 0) is 61.4 Å². The molecule has 1 aromatic heterocycles. The Hall–Kier alpha value is -2.87. The quantitative estimate of drug-likeness (QED) is 0.291. The number of phenolic OH excluding ortho intramolecular Hbond substituents is 1. The predicted molar refractivity (Wildman–Crippen MR) is 113 cm³/mol. The molecule has 0 aliphatic rings. The second-order valence-electron chi connectivity index (χ2n) is 6.55. The predicted octanol–water partition coefficient (Wildman–Crippen LogP) is 4.29. The fraction of sp³-hybridized carbons (Fsp3) is 0.333. The van der Waals surface area contributed by atoms with Crippen molar-refractivity contribution in [1.29, 1.82) is 0 Å². The minimum atomic E-state index is -0.145. The van der Waals surface area contributed by atoms with Gasteiger partial charge in [0.1, 0.15) is 11.5 Å². The van der Waals surface area contributed by atoms with Crippen molar-refractivity contribution in [3.8, 4) is 22.9 Å². The molecule has 0 atom stereocenters. The highest BCUT2D eigenvalue weighted by Crippen LogP contribution is 2.33. The van der Waals surface area contributed by atoms with Gasteiger partial charge in [-0.25, -0.2) is 0 Å². The summed E-state index contributed by atoms with van der Waals surface area (Å²) in [6, 6.07) is 11.4. The molecule has 2 N–H and O–H groups in total. The van der Waals surface area contributed by atoms with E-state index in [1.54, 1.807) is 23.9 Å². The summed E-state index contributed by atoms with van der Waals surface area (Å²) in [5.74, 6) is 2.05. The van der Waals surface area contributed by atoms with Crippen molar-refractivity contribution in [3.63, 3.8) is 0 Å². The molecule has 3 aromatic rings. The third-order valence-corrected chi connectivity index (χ3v) is 5.49. The Morgan fingerprint density at radius 2 is 2.00 bits per heavy atom. The first-order chi connectivity index (χ1) is 14.1. The first-order valence-corrected chi connectivity index (χ1v) is 10.5. The van der Waals surface area contributed by atoms with Crippen LogP contribution in [0.15, 0.2) is 41.3 Å². The highest BCUT2D eigenvalue weighted by molar-refractivity contribution is 7.99. The Balaban J connectivity index is 1.50. The number of aromatic nitrogens is 4. The number of carbonyl (C=O) groups is 1. The average molecular weight is 413 g/mol. The van der Waals surface area contributed by atoms with E-state index in [-0.39, 0.29) is 11.5 Å². The highest BCUT2D eigenvalue weighted by atomic mass is 32.2. The van der Waals surface area contributed by atoms with E-state index >= 15 is 0 Å². The maximum atomic E-state index is 11.6. The molecule has 2 aromatic carbocycles. The van der Waals surface area contributed by atoms with Crippen LogP contribution in [0.2, 0.25) is 0 Å². The highest BCUT2D eigenvalue weighted by Gasteiger charge is 2.15. The lowest BCUT2D eigenvalue weighted by atomic mass is 10.0. The van der Waals surface area contributed by atoms with Gasteiger partial charge in [0, 0.05) is 21.8 Å². The molecule has 3 rings (SSSR count). The van der Waals surface area contributed by atoms with Crippen LogP contribution in [-0.4, -0.2) is 43.9 Å². The Labute approximate surface area is 173 Å². The summed E-state index contributed by atoms with van der Waals surface area (Å²) < 4.78 is 5.90. The Morgan fingerprint density at radius 3 is 2.66 bits per heavy atom. The minimum Gasteiger partial charge on any atom is -0.507 e. The van der Waals surface area contributed by atoms with E-state index in [2.05, 4.69) is 20.6 Å². The van der Waals surface area contributed by atoms with Crippen LogP contribution in [0.5, 0.6) is 11.5 Å². The summed E-state index contributed by atoms with van der Waals surface area (Å²) in [6.07, 6.45) is 2.39. The molecule has 0 unspecified atom stereocenters. The van der Waals surface area contributed by atoms with Crippen molar-refractivity contribution in [2.45, 2.75) is 38.0 Å². The Kier molecular flexibility index (Phi) is 7.24. The van der Waals surface area contributed by atoms with Crippen LogP contribution in [0.1, 0.15) is 42.6 Å². The van der Waals surface area contributed by atoms with Gasteiger partial charge in [-0.1, -0.05) is 13.3 Å². The van der Waals surface area contributed by atoms with Gasteiger partial charge in [-0.3, -0.25) is 4.79 Å². The summed E-state index contributed by atoms with van der Waals surface area (Å²) in [5, 5.41) is 24.3. The summed E-state index contributed by atoms with van der Waals surface area (Å²) in [5.41, 5.74) is 1.98. The third-order valence-electron chi connectivity index (χ3n) is 4.39. The standard InChI is InChI=1S/C21H24N4O3S/c1-3-5-18-19(11-10-17(14(2)26)20(18)27)28-12-4-13-29-16-8-6-15(7-9-16)21-22-24-25-23-21/h6-11,27H,3-5,12-13H2,1-2H3,(H,22,23,24,25). The number of benzene rings is 2. The molecule has 0 fully saturated rings. The van der Waals surface area contributed by atoms with Crippen molar-refractivity contribution in [2.75, 3.05) is 12.4 Å². The zero-order valence-corrected chi connectivity index (χ0v) is 17.3. The normalized spacial score (nSPS) is 10.8. The fourth-order valence-corrected chi connectivity index (χ4v) is 3.77. The van der Waals surface area contributed by atoms with Crippen molar-refractivity contribution in [2.24, 2.45) is 0 Å². The van der Waals surface area contributed by atoms with Gasteiger partial charge in [0.2, 0.25) is 5.82 Å². The number of ether oxygens (including phenoxy) is 1. The Morgan fingerprint density at radius 1 is 1.21 bits per heavy atom. The van der Waals surface area contributed by atoms with Gasteiger partial charge >= 0.3 is 0 Å². The monoisotopic (exact) mass is 412 g/mol. The number of nitrogens with one attached hydrogen (secondary N) is 1. The van der Waals surface area contributed by atoms with E-state index < -0.39 is 0 Å². The molecular formula is C21H24N4O3S. The van der Waals surface area contributed by atoms with E-state index in [1.165, 1.54) is 6.92 Å². The van der Waals surface area contributed by atoms with Crippen molar-refractivity contribution < 1.29 is 14.6 Å². The van der Waals surface area contributed by atoms with Crippen LogP contribution in [0.25, 0.3) is 11.4 Å². The molecule has 1 heterocycles. The van der Waals surface area contributed by atoms with Crippen LogP contribution in [0.4, 0.5) is 0 Å². The lowest BCUT2D eigenvalue weighted by Crippen LogP contribution is -2.04. The molecule has 29 heavy (non-hydrogen) atoms. The van der Waals surface area contributed by atoms with Crippen molar-refractivity contribution in [1.82, 2.24) is 20.6 Å². The number of tetrazole rings is 1. The van der Waals surface area contributed by atoms with E-state index in [1.807, 2.05) is 31.2 Å². The number of H-pyrrole nitrogens is 1. The van der Waals surface area contributed by atoms with E-state index in [4.69, 9.17) is 4.74 Å². The summed E-state index contributed by atoms with van der Waals surface area (Å²) in [6.45, 7) is 4.03. The Bertz CT molecular complexity index is 943. The molecule has 0 aliphatic carbocycles. The maximum absolute atomic E-state index is 11.6. The number of ketones is 1. The van der Waals surface area contributed by atoms with Gasteiger partial charge in [0.05, 0.1) is 12.2 Å². The van der Waals surface area contributed by atoms with Gasteiger partial charge < -0.3 is 9.84 Å². The molecule has 152 valence electrons. The summed E-state index contributed by atoms with van der Waals surface area (Å²) in [4.78, 5) is 12.8. The first kappa shape index (κ1) is 20.9. The van der Waals surface area contributed by atoms with Crippen LogP contribution in [0.3, 0.4) is 0 Å². The molecular weight excluding hydrogens is 388 g/mol. The number of aromatic amines is 1. The van der Waals surface area contributed by atoms with E-state index in [0.717, 1.165) is 29.1 Å². The summed E-state index contributed by atoms with van der Waals surface area (Å²) >= 11 is 1.75. The number of hydrogen-bond acceptors (Lipinski definition) is 7. The number of hydrogen-bond donors (Lipinski definition) is 2. The lowest BCUT2D eigenvalue weighted by Gasteiger charge is -2.14. The van der Waals surface area contributed by atoms with Crippen molar-refractivity contribution in [3.05, 3.63) is 47.5 Å². The number of phenols is 1. The zero-order chi connectivity index (χ0) is 20.6. The largest absolute Gasteiger partial charge is 0.507 e. The number of rotatable bonds is 10. The van der Waals surface area contributed by atoms with Gasteiger partial charge in [-0.15, -0.1) is 22.0 Å². The second-order valence-corrected chi connectivity index (χ2v) is 7.72. The molecule has 0 radical (unpaired) electrons.